The van der Waals surface area contributed by atoms with E-state index in [-0.39, 0.29) is 23.6 Å². The zero-order valence-electron chi connectivity index (χ0n) is 12.6. The lowest BCUT2D eigenvalue weighted by atomic mass is 10.1. The number of rotatable bonds is 4. The third kappa shape index (κ3) is 3.87. The Balaban J connectivity index is 1.76. The fraction of sp³-hybridized carbons (Fsp3) is 0.235. The van der Waals surface area contributed by atoms with Gasteiger partial charge in [-0.25, -0.2) is 0 Å². The molecule has 1 aliphatic carbocycles. The number of amides is 2. The molecule has 0 spiro atoms. The number of nitrogens with zero attached hydrogens (tertiary/aromatic N) is 1. The van der Waals surface area contributed by atoms with Gasteiger partial charge in [0.15, 0.2) is 0 Å². The molecule has 2 N–H and O–H groups in total. The van der Waals surface area contributed by atoms with Crippen LogP contribution in [-0.4, -0.2) is 22.8 Å². The first-order valence-electron chi connectivity index (χ1n) is 7.37. The van der Waals surface area contributed by atoms with Crippen molar-refractivity contribution in [2.75, 3.05) is 5.32 Å². The van der Waals surface area contributed by atoms with Gasteiger partial charge in [0, 0.05) is 28.5 Å². The topological polar surface area (TPSA) is 71.1 Å². The molecule has 6 heteroatoms. The van der Waals surface area contributed by atoms with E-state index in [0.29, 0.717) is 16.3 Å². The smallest absolute Gasteiger partial charge is 0.274 e. The van der Waals surface area contributed by atoms with Crippen LogP contribution in [-0.2, 0) is 0 Å². The quantitative estimate of drug-likeness (QED) is 0.905. The molecule has 23 heavy (non-hydrogen) atoms. The van der Waals surface area contributed by atoms with Crippen molar-refractivity contribution < 1.29 is 9.59 Å². The van der Waals surface area contributed by atoms with Crippen molar-refractivity contribution in [3.05, 3.63) is 58.4 Å². The Hall–Kier alpha value is -2.40. The molecular weight excluding hydrogens is 314 g/mol. The molecule has 0 atom stereocenters. The predicted molar refractivity (Wildman–Crippen MR) is 88.9 cm³/mol. The van der Waals surface area contributed by atoms with E-state index < -0.39 is 0 Å². The number of hydrogen-bond acceptors (Lipinski definition) is 3. The molecule has 1 saturated carbocycles. The van der Waals surface area contributed by atoms with Gasteiger partial charge in [0.05, 0.1) is 0 Å². The molecule has 2 aromatic rings. The fourth-order valence-corrected chi connectivity index (χ4v) is 2.28. The lowest BCUT2D eigenvalue weighted by Crippen LogP contribution is -2.26. The van der Waals surface area contributed by atoms with Gasteiger partial charge >= 0.3 is 0 Å². The normalized spacial score (nSPS) is 13.5. The number of pyridine rings is 1. The maximum atomic E-state index is 12.3. The largest absolute Gasteiger partial charge is 0.349 e. The van der Waals surface area contributed by atoms with Crippen LogP contribution in [0.5, 0.6) is 0 Å². The average molecular weight is 330 g/mol. The SMILES string of the molecule is Cc1ccc(Cl)cc1NC(=O)c1cc(C(=O)NC2CC2)ccn1. The van der Waals surface area contributed by atoms with Crippen molar-refractivity contribution in [1.29, 1.82) is 0 Å². The zero-order valence-corrected chi connectivity index (χ0v) is 13.4. The minimum atomic E-state index is -0.378. The van der Waals surface area contributed by atoms with E-state index in [9.17, 15) is 9.59 Å². The number of nitrogens with one attached hydrogen (secondary N) is 2. The lowest BCUT2D eigenvalue weighted by molar-refractivity contribution is 0.0951. The van der Waals surface area contributed by atoms with Gasteiger partial charge in [-0.15, -0.1) is 0 Å². The van der Waals surface area contributed by atoms with Crippen molar-refractivity contribution in [1.82, 2.24) is 10.3 Å². The highest BCUT2D eigenvalue weighted by atomic mass is 35.5. The number of carbonyl (C=O) groups excluding carboxylic acids is 2. The zero-order chi connectivity index (χ0) is 16.4. The first-order chi connectivity index (χ1) is 11.0. The van der Waals surface area contributed by atoms with E-state index in [1.807, 2.05) is 13.0 Å². The minimum absolute atomic E-state index is 0.178. The van der Waals surface area contributed by atoms with Crippen LogP contribution in [0.2, 0.25) is 5.02 Å². The molecule has 0 unspecified atom stereocenters. The Morgan fingerprint density at radius 3 is 2.70 bits per heavy atom. The molecule has 0 saturated heterocycles. The molecule has 1 aromatic carbocycles. The standard InChI is InChI=1S/C17H16ClN3O2/c1-10-2-3-12(18)9-14(10)21-17(23)15-8-11(6-7-19-15)16(22)20-13-4-5-13/h2-3,6-9,13H,4-5H2,1H3,(H,20,22)(H,21,23). The maximum absolute atomic E-state index is 12.3. The number of anilines is 1. The first kappa shape index (κ1) is 15.5. The minimum Gasteiger partial charge on any atom is -0.349 e. The molecule has 5 nitrogen and oxygen atoms in total. The number of hydrogen-bond donors (Lipinski definition) is 2. The molecular formula is C17H16ClN3O2. The Bertz CT molecular complexity index is 772. The number of carbonyl (C=O) groups is 2. The summed E-state index contributed by atoms with van der Waals surface area (Å²) in [7, 11) is 0. The molecule has 1 aliphatic rings. The van der Waals surface area contributed by atoms with Crippen molar-refractivity contribution in [3.8, 4) is 0 Å². The van der Waals surface area contributed by atoms with E-state index in [4.69, 9.17) is 11.6 Å². The van der Waals surface area contributed by atoms with Crippen LogP contribution >= 0.6 is 11.6 Å². The molecule has 0 aliphatic heterocycles. The number of halogens is 1. The van der Waals surface area contributed by atoms with Crippen molar-refractivity contribution in [2.45, 2.75) is 25.8 Å². The highest BCUT2D eigenvalue weighted by Crippen LogP contribution is 2.21. The van der Waals surface area contributed by atoms with Crippen molar-refractivity contribution >= 4 is 29.1 Å². The van der Waals surface area contributed by atoms with Crippen LogP contribution in [0.4, 0.5) is 5.69 Å². The van der Waals surface area contributed by atoms with Crippen molar-refractivity contribution in [3.63, 3.8) is 0 Å². The van der Waals surface area contributed by atoms with Gasteiger partial charge in [-0.1, -0.05) is 17.7 Å². The van der Waals surface area contributed by atoms with E-state index in [2.05, 4.69) is 15.6 Å². The third-order valence-electron chi connectivity index (χ3n) is 3.62. The van der Waals surface area contributed by atoms with E-state index in [1.54, 1.807) is 18.2 Å². The summed E-state index contributed by atoms with van der Waals surface area (Å²) in [6.45, 7) is 1.87. The maximum Gasteiger partial charge on any atom is 0.274 e. The first-order valence-corrected chi connectivity index (χ1v) is 7.75. The molecule has 1 fully saturated rings. The second-order valence-electron chi connectivity index (χ2n) is 5.59. The summed E-state index contributed by atoms with van der Waals surface area (Å²) < 4.78 is 0. The van der Waals surface area contributed by atoms with Crippen molar-refractivity contribution in [2.24, 2.45) is 0 Å². The summed E-state index contributed by atoms with van der Waals surface area (Å²) in [6, 6.07) is 8.62. The number of aromatic nitrogens is 1. The highest BCUT2D eigenvalue weighted by Gasteiger charge is 2.24. The summed E-state index contributed by atoms with van der Waals surface area (Å²) in [6.07, 6.45) is 3.48. The number of aryl methyl sites for hydroxylation is 1. The number of benzene rings is 1. The Kier molecular flexibility index (Phi) is 4.30. The van der Waals surface area contributed by atoms with Crippen LogP contribution in [0.25, 0.3) is 0 Å². The van der Waals surface area contributed by atoms with Gasteiger partial charge in [0.2, 0.25) is 0 Å². The molecule has 0 radical (unpaired) electrons. The van der Waals surface area contributed by atoms with Gasteiger partial charge in [-0.2, -0.15) is 0 Å². The van der Waals surface area contributed by atoms with Gasteiger partial charge in [-0.05, 0) is 49.6 Å². The third-order valence-corrected chi connectivity index (χ3v) is 3.85. The molecule has 0 bridgehead atoms. The van der Waals surface area contributed by atoms with Crippen LogP contribution in [0, 0.1) is 6.92 Å². The van der Waals surface area contributed by atoms with Gasteiger partial charge in [0.25, 0.3) is 11.8 Å². The Labute approximate surface area is 139 Å². The average Bonchev–Trinajstić information content (AvgIpc) is 3.35. The van der Waals surface area contributed by atoms with Crippen LogP contribution in [0.15, 0.2) is 36.5 Å². The Morgan fingerprint density at radius 1 is 1.17 bits per heavy atom. The van der Waals surface area contributed by atoms with Crippen LogP contribution in [0.1, 0.15) is 39.3 Å². The summed E-state index contributed by atoms with van der Waals surface area (Å²) in [5.41, 5.74) is 2.13. The molecule has 1 heterocycles. The van der Waals surface area contributed by atoms with Crippen LogP contribution < -0.4 is 10.6 Å². The van der Waals surface area contributed by atoms with Gasteiger partial charge in [-0.3, -0.25) is 14.6 Å². The van der Waals surface area contributed by atoms with Gasteiger partial charge < -0.3 is 10.6 Å². The predicted octanol–water partition coefficient (Wildman–Crippen LogP) is 3.19. The lowest BCUT2D eigenvalue weighted by Gasteiger charge is -2.09. The summed E-state index contributed by atoms with van der Waals surface area (Å²) >= 11 is 5.95. The summed E-state index contributed by atoms with van der Waals surface area (Å²) in [4.78, 5) is 28.4. The monoisotopic (exact) mass is 329 g/mol. The summed E-state index contributed by atoms with van der Waals surface area (Å²) in [5, 5.41) is 6.19. The van der Waals surface area contributed by atoms with Gasteiger partial charge in [0.1, 0.15) is 5.69 Å². The molecule has 118 valence electrons. The van der Waals surface area contributed by atoms with E-state index in [0.717, 1.165) is 18.4 Å². The fourth-order valence-electron chi connectivity index (χ4n) is 2.11. The summed E-state index contributed by atoms with van der Waals surface area (Å²) in [5.74, 6) is -0.556. The molecule has 1 aromatic heterocycles. The van der Waals surface area contributed by atoms with E-state index >= 15 is 0 Å². The molecule has 3 rings (SSSR count). The van der Waals surface area contributed by atoms with E-state index in [1.165, 1.54) is 12.3 Å². The molecule has 2 amide bonds. The Morgan fingerprint density at radius 2 is 1.96 bits per heavy atom. The second kappa shape index (κ2) is 6.38. The highest BCUT2D eigenvalue weighted by molar-refractivity contribution is 6.31. The van der Waals surface area contributed by atoms with Crippen LogP contribution in [0.3, 0.4) is 0 Å². The second-order valence-corrected chi connectivity index (χ2v) is 6.03.